The van der Waals surface area contributed by atoms with E-state index in [0.29, 0.717) is 0 Å². The fourth-order valence-electron chi connectivity index (χ4n) is 0.371. The molecule has 1 aromatic carbocycles. The zero-order valence-electron chi connectivity index (χ0n) is 4.77. The molecule has 0 aliphatic carbocycles. The minimum atomic E-state index is 0. The molecule has 44 valence electrons. The van der Waals surface area contributed by atoms with E-state index < -0.39 is 0 Å². The molecule has 0 fully saturated rings. The molecule has 0 N–H and O–H groups in total. The second kappa shape index (κ2) is 7.30. The summed E-state index contributed by atoms with van der Waals surface area (Å²) in [6, 6.07) is 10.8. The van der Waals surface area contributed by atoms with Gasteiger partial charge in [0, 0.05) is 0 Å². The maximum absolute atomic E-state index is 2.95. The molecule has 0 aliphatic heterocycles. The van der Waals surface area contributed by atoms with E-state index in [0.717, 1.165) is 0 Å². The van der Waals surface area contributed by atoms with Crippen LogP contribution in [0.3, 0.4) is 0 Å². The van der Waals surface area contributed by atoms with Crippen molar-refractivity contribution in [1.82, 2.24) is 0 Å². The van der Waals surface area contributed by atoms with Crippen LogP contribution in [0.5, 0.6) is 0 Å². The normalized spacial score (nSPS) is 6.78. The molecule has 0 saturated carbocycles. The molecule has 0 aromatic heterocycles. The SMILES string of the molecule is Ic1c[c-]ccc1.[Br-].[Mg+2]. The molecule has 3 heteroatoms. The molecule has 0 bridgehead atoms. The van der Waals surface area contributed by atoms with Crippen LogP contribution in [0.1, 0.15) is 0 Å². The molecule has 1 rings (SSSR count). The molecular weight excluding hydrogens is 303 g/mol. The van der Waals surface area contributed by atoms with Crippen LogP contribution < -0.4 is 17.0 Å². The molecule has 9 heavy (non-hydrogen) atoms. The Bertz CT molecular complexity index is 143. The fraction of sp³-hybridized carbons (Fsp3) is 0. The maximum Gasteiger partial charge on any atom is 2.00 e. The molecule has 0 saturated heterocycles. The summed E-state index contributed by atoms with van der Waals surface area (Å²) < 4.78 is 1.24. The molecule has 0 nitrogen and oxygen atoms in total. The van der Waals surface area contributed by atoms with Gasteiger partial charge in [-0.2, -0.15) is 30.3 Å². The van der Waals surface area contributed by atoms with Gasteiger partial charge in [-0.15, -0.1) is 22.6 Å². The Morgan fingerprint density at radius 2 is 2.11 bits per heavy atom. The Morgan fingerprint density at radius 1 is 1.44 bits per heavy atom. The van der Waals surface area contributed by atoms with E-state index in [1.807, 2.05) is 24.3 Å². The second-order valence-corrected chi connectivity index (χ2v) is 2.47. The van der Waals surface area contributed by atoms with Gasteiger partial charge in [-0.3, -0.25) is 0 Å². The summed E-state index contributed by atoms with van der Waals surface area (Å²) in [7, 11) is 0. The molecule has 0 aliphatic rings. The third-order valence-corrected chi connectivity index (χ3v) is 1.34. The quantitative estimate of drug-likeness (QED) is 0.318. The molecule has 0 atom stereocenters. The molecular formula is C6H4BrIMg. The van der Waals surface area contributed by atoms with E-state index >= 15 is 0 Å². The van der Waals surface area contributed by atoms with Gasteiger partial charge in [0.2, 0.25) is 0 Å². The summed E-state index contributed by atoms with van der Waals surface area (Å²) in [6.45, 7) is 0. The number of benzene rings is 1. The third kappa shape index (κ3) is 5.63. The van der Waals surface area contributed by atoms with E-state index in [1.165, 1.54) is 3.57 Å². The van der Waals surface area contributed by atoms with Gasteiger partial charge >= 0.3 is 23.1 Å². The van der Waals surface area contributed by atoms with E-state index in [4.69, 9.17) is 0 Å². The zero-order valence-corrected chi connectivity index (χ0v) is 9.93. The number of hydrogen-bond acceptors (Lipinski definition) is 0. The molecule has 0 unspecified atom stereocenters. The Balaban J connectivity index is 0. The third-order valence-electron chi connectivity index (χ3n) is 0.669. The first-order valence-electron chi connectivity index (χ1n) is 2.01. The summed E-state index contributed by atoms with van der Waals surface area (Å²) in [5, 5.41) is 0. The van der Waals surface area contributed by atoms with Crippen LogP contribution in [0, 0.1) is 9.64 Å². The first-order valence-corrected chi connectivity index (χ1v) is 3.09. The van der Waals surface area contributed by atoms with Crippen LogP contribution in [-0.4, -0.2) is 23.1 Å². The maximum atomic E-state index is 2.95. The predicted molar refractivity (Wildman–Crippen MR) is 43.7 cm³/mol. The first kappa shape index (κ1) is 12.8. The van der Waals surface area contributed by atoms with Crippen LogP contribution in [0.4, 0.5) is 0 Å². The van der Waals surface area contributed by atoms with E-state index in [-0.39, 0.29) is 40.0 Å². The van der Waals surface area contributed by atoms with Crippen molar-refractivity contribution >= 4 is 45.6 Å². The van der Waals surface area contributed by atoms with Crippen molar-refractivity contribution in [1.29, 1.82) is 0 Å². The molecule has 0 spiro atoms. The summed E-state index contributed by atoms with van der Waals surface area (Å²) >= 11 is 2.25. The van der Waals surface area contributed by atoms with Crippen molar-refractivity contribution in [3.63, 3.8) is 0 Å². The Morgan fingerprint density at radius 3 is 2.33 bits per heavy atom. The molecule has 0 amide bonds. The van der Waals surface area contributed by atoms with E-state index in [9.17, 15) is 0 Å². The van der Waals surface area contributed by atoms with Crippen molar-refractivity contribution in [2.24, 2.45) is 0 Å². The van der Waals surface area contributed by atoms with Gasteiger partial charge in [-0.05, 0) is 0 Å². The van der Waals surface area contributed by atoms with Crippen LogP contribution in [0.2, 0.25) is 0 Å². The van der Waals surface area contributed by atoms with Crippen molar-refractivity contribution in [3.05, 3.63) is 33.9 Å². The summed E-state index contributed by atoms with van der Waals surface area (Å²) in [5.74, 6) is 0. The number of halogens is 2. The average molecular weight is 307 g/mol. The Hall–Kier alpha value is 1.20. The van der Waals surface area contributed by atoms with Crippen LogP contribution >= 0.6 is 22.6 Å². The van der Waals surface area contributed by atoms with Gasteiger partial charge in [0.15, 0.2) is 0 Å². The summed E-state index contributed by atoms with van der Waals surface area (Å²) in [4.78, 5) is 0. The van der Waals surface area contributed by atoms with Gasteiger partial charge < -0.3 is 17.0 Å². The van der Waals surface area contributed by atoms with Crippen molar-refractivity contribution < 1.29 is 17.0 Å². The van der Waals surface area contributed by atoms with E-state index in [1.54, 1.807) is 0 Å². The summed E-state index contributed by atoms with van der Waals surface area (Å²) in [6.07, 6.45) is 0. The molecule has 0 heterocycles. The summed E-state index contributed by atoms with van der Waals surface area (Å²) in [5.41, 5.74) is 0. The van der Waals surface area contributed by atoms with Crippen LogP contribution in [0.25, 0.3) is 0 Å². The largest absolute Gasteiger partial charge is 2.00 e. The molecule has 0 radical (unpaired) electrons. The number of hydrogen-bond donors (Lipinski definition) is 0. The average Bonchev–Trinajstić information content (AvgIpc) is 1.69. The Kier molecular flexibility index (Phi) is 10.4. The topological polar surface area (TPSA) is 0 Å². The second-order valence-electron chi connectivity index (χ2n) is 1.22. The first-order chi connectivity index (χ1) is 3.39. The van der Waals surface area contributed by atoms with Gasteiger partial charge in [0.1, 0.15) is 0 Å². The van der Waals surface area contributed by atoms with Gasteiger partial charge in [0.05, 0.1) is 0 Å². The fourth-order valence-corrected chi connectivity index (χ4v) is 0.759. The van der Waals surface area contributed by atoms with Crippen molar-refractivity contribution in [2.45, 2.75) is 0 Å². The predicted octanol–water partition coefficient (Wildman–Crippen LogP) is -1.29. The van der Waals surface area contributed by atoms with E-state index in [2.05, 4.69) is 28.7 Å². The Labute approximate surface area is 95.5 Å². The van der Waals surface area contributed by atoms with Crippen LogP contribution in [0.15, 0.2) is 24.3 Å². The smallest absolute Gasteiger partial charge is 1.00 e. The minimum Gasteiger partial charge on any atom is -1.00 e. The van der Waals surface area contributed by atoms with Crippen molar-refractivity contribution in [2.75, 3.05) is 0 Å². The van der Waals surface area contributed by atoms with Gasteiger partial charge in [-0.25, -0.2) is 0 Å². The van der Waals surface area contributed by atoms with Gasteiger partial charge in [-0.1, -0.05) is 3.57 Å². The zero-order chi connectivity index (χ0) is 5.11. The van der Waals surface area contributed by atoms with Crippen molar-refractivity contribution in [3.8, 4) is 0 Å². The van der Waals surface area contributed by atoms with Crippen LogP contribution in [-0.2, 0) is 0 Å². The minimum absolute atomic E-state index is 0. The number of rotatable bonds is 0. The standard InChI is InChI=1S/C6H4I.BrH.Mg/c7-6-4-2-1-3-5-6;;/h1-2,4-5H;1H;/q-1;;+2/p-1. The molecule has 1 aromatic rings. The monoisotopic (exact) mass is 306 g/mol. The van der Waals surface area contributed by atoms with Gasteiger partial charge in [0.25, 0.3) is 0 Å².